The molecule has 102 valence electrons. The second-order valence-corrected chi connectivity index (χ2v) is 6.02. The van der Waals surface area contributed by atoms with Crippen molar-refractivity contribution in [3.63, 3.8) is 0 Å². The van der Waals surface area contributed by atoms with Crippen molar-refractivity contribution in [3.8, 4) is 0 Å². The summed E-state index contributed by atoms with van der Waals surface area (Å²) < 4.78 is 0. The Kier molecular flexibility index (Phi) is 3.31. The molecule has 1 heterocycles. The van der Waals surface area contributed by atoms with Crippen LogP contribution >= 0.6 is 0 Å². The van der Waals surface area contributed by atoms with Crippen molar-refractivity contribution < 1.29 is 9.90 Å². The van der Waals surface area contributed by atoms with Crippen LogP contribution in [0.5, 0.6) is 0 Å². The molecule has 3 nitrogen and oxygen atoms in total. The standard InChI is InChI=1S/C16H21NO2/c18-15(19)14-16(10-12-6-2-1-3-7-12)9-5-4-8-13(16)11-17-14/h1-3,6-7,13-14,17H,4-5,8-11H2,(H,18,19). The van der Waals surface area contributed by atoms with Gasteiger partial charge in [-0.1, -0.05) is 43.2 Å². The van der Waals surface area contributed by atoms with Crippen molar-refractivity contribution in [2.24, 2.45) is 11.3 Å². The molecule has 19 heavy (non-hydrogen) atoms. The van der Waals surface area contributed by atoms with E-state index >= 15 is 0 Å². The maximum absolute atomic E-state index is 11.6. The zero-order valence-corrected chi connectivity index (χ0v) is 11.1. The Balaban J connectivity index is 1.92. The number of aliphatic carboxylic acids is 1. The summed E-state index contributed by atoms with van der Waals surface area (Å²) in [5, 5.41) is 12.8. The summed E-state index contributed by atoms with van der Waals surface area (Å²) in [7, 11) is 0. The first-order valence-corrected chi connectivity index (χ1v) is 7.22. The molecule has 1 aliphatic carbocycles. The minimum absolute atomic E-state index is 0.0779. The molecule has 2 aliphatic rings. The number of carboxylic acid groups (broad SMARTS) is 1. The maximum atomic E-state index is 11.6. The van der Waals surface area contributed by atoms with Gasteiger partial charge in [-0.05, 0) is 37.3 Å². The lowest BCUT2D eigenvalue weighted by Crippen LogP contribution is -2.47. The van der Waals surface area contributed by atoms with E-state index in [2.05, 4.69) is 17.4 Å². The van der Waals surface area contributed by atoms with E-state index in [1.54, 1.807) is 0 Å². The number of hydrogen-bond acceptors (Lipinski definition) is 2. The van der Waals surface area contributed by atoms with Crippen LogP contribution in [-0.2, 0) is 11.2 Å². The number of carboxylic acids is 1. The van der Waals surface area contributed by atoms with Gasteiger partial charge in [0.2, 0.25) is 0 Å². The highest BCUT2D eigenvalue weighted by molar-refractivity contribution is 5.75. The second-order valence-electron chi connectivity index (χ2n) is 6.02. The zero-order chi connectivity index (χ0) is 13.3. The summed E-state index contributed by atoms with van der Waals surface area (Å²) in [6.07, 6.45) is 5.51. The van der Waals surface area contributed by atoms with Crippen LogP contribution in [0.2, 0.25) is 0 Å². The predicted molar refractivity (Wildman–Crippen MR) is 74.0 cm³/mol. The van der Waals surface area contributed by atoms with Gasteiger partial charge >= 0.3 is 5.97 Å². The number of nitrogens with one attached hydrogen (secondary N) is 1. The van der Waals surface area contributed by atoms with E-state index in [0.717, 1.165) is 25.8 Å². The SMILES string of the molecule is O=C(O)C1NCC2CCCCC21Cc1ccccc1. The topological polar surface area (TPSA) is 49.3 Å². The lowest BCUT2D eigenvalue weighted by atomic mass is 9.62. The molecule has 2 N–H and O–H groups in total. The first-order chi connectivity index (χ1) is 9.22. The minimum Gasteiger partial charge on any atom is -0.480 e. The predicted octanol–water partition coefficient (Wildman–Crippen LogP) is 2.46. The van der Waals surface area contributed by atoms with Crippen molar-refractivity contribution in [2.45, 2.75) is 38.1 Å². The number of fused-ring (bicyclic) bond motifs is 1. The van der Waals surface area contributed by atoms with Gasteiger partial charge in [0.15, 0.2) is 0 Å². The van der Waals surface area contributed by atoms with E-state index in [-0.39, 0.29) is 11.5 Å². The third-order valence-corrected chi connectivity index (χ3v) is 5.02. The summed E-state index contributed by atoms with van der Waals surface area (Å²) in [5.41, 5.74) is 1.19. The largest absolute Gasteiger partial charge is 0.480 e. The molecule has 1 saturated heterocycles. The highest BCUT2D eigenvalue weighted by Crippen LogP contribution is 2.49. The van der Waals surface area contributed by atoms with Gasteiger partial charge in [0.1, 0.15) is 6.04 Å². The number of benzene rings is 1. The molecule has 3 unspecified atom stereocenters. The van der Waals surface area contributed by atoms with Crippen LogP contribution in [0.3, 0.4) is 0 Å². The molecule has 0 bridgehead atoms. The highest BCUT2D eigenvalue weighted by Gasteiger charge is 2.53. The Hall–Kier alpha value is -1.35. The van der Waals surface area contributed by atoms with Crippen LogP contribution in [0.15, 0.2) is 30.3 Å². The first-order valence-electron chi connectivity index (χ1n) is 7.22. The van der Waals surface area contributed by atoms with Crippen molar-refractivity contribution in [2.75, 3.05) is 6.54 Å². The summed E-state index contributed by atoms with van der Waals surface area (Å²) >= 11 is 0. The smallest absolute Gasteiger partial charge is 0.321 e. The van der Waals surface area contributed by atoms with Gasteiger partial charge in [0.25, 0.3) is 0 Å². The molecular formula is C16H21NO2. The summed E-state index contributed by atoms with van der Waals surface area (Å²) in [6, 6.07) is 9.97. The number of rotatable bonds is 3. The fraction of sp³-hybridized carbons (Fsp3) is 0.562. The third kappa shape index (κ3) is 2.16. The Morgan fingerprint density at radius 1 is 1.32 bits per heavy atom. The summed E-state index contributed by atoms with van der Waals surface area (Å²) in [6.45, 7) is 0.865. The Morgan fingerprint density at radius 2 is 2.11 bits per heavy atom. The quantitative estimate of drug-likeness (QED) is 0.876. The van der Waals surface area contributed by atoms with E-state index in [1.165, 1.54) is 18.4 Å². The minimum atomic E-state index is -0.680. The Morgan fingerprint density at radius 3 is 2.84 bits per heavy atom. The molecule has 0 spiro atoms. The fourth-order valence-corrected chi connectivity index (χ4v) is 4.13. The zero-order valence-electron chi connectivity index (χ0n) is 11.1. The average molecular weight is 259 g/mol. The summed E-state index contributed by atoms with van der Waals surface area (Å²) in [5.74, 6) is -0.164. The van der Waals surface area contributed by atoms with Gasteiger partial charge in [-0.2, -0.15) is 0 Å². The van der Waals surface area contributed by atoms with E-state index in [1.807, 2.05) is 18.2 Å². The van der Waals surface area contributed by atoms with Gasteiger partial charge < -0.3 is 10.4 Å². The highest BCUT2D eigenvalue weighted by atomic mass is 16.4. The van der Waals surface area contributed by atoms with E-state index in [9.17, 15) is 9.90 Å². The van der Waals surface area contributed by atoms with E-state index in [0.29, 0.717) is 5.92 Å². The molecule has 3 atom stereocenters. The molecule has 0 aromatic heterocycles. The normalized spacial score (nSPS) is 33.9. The lowest BCUT2D eigenvalue weighted by Gasteiger charge is -2.41. The second kappa shape index (κ2) is 4.97. The van der Waals surface area contributed by atoms with Gasteiger partial charge in [-0.3, -0.25) is 4.79 Å². The molecule has 1 aliphatic heterocycles. The molecule has 2 fully saturated rings. The Labute approximate surface area is 114 Å². The molecule has 1 aromatic carbocycles. The molecule has 1 aromatic rings. The van der Waals surface area contributed by atoms with Crippen LogP contribution in [0.4, 0.5) is 0 Å². The Bertz CT molecular complexity index is 459. The lowest BCUT2D eigenvalue weighted by molar-refractivity contribution is -0.143. The van der Waals surface area contributed by atoms with Gasteiger partial charge in [0, 0.05) is 5.41 Å². The van der Waals surface area contributed by atoms with Crippen LogP contribution in [0.25, 0.3) is 0 Å². The van der Waals surface area contributed by atoms with E-state index < -0.39 is 5.97 Å². The van der Waals surface area contributed by atoms with Gasteiger partial charge in [0.05, 0.1) is 0 Å². The molecule has 3 rings (SSSR count). The van der Waals surface area contributed by atoms with Crippen LogP contribution in [-0.4, -0.2) is 23.7 Å². The molecule has 0 radical (unpaired) electrons. The molecule has 0 amide bonds. The average Bonchev–Trinajstić information content (AvgIpc) is 2.78. The molecule has 1 saturated carbocycles. The van der Waals surface area contributed by atoms with Gasteiger partial charge in [-0.15, -0.1) is 0 Å². The van der Waals surface area contributed by atoms with Crippen molar-refractivity contribution >= 4 is 5.97 Å². The molecular weight excluding hydrogens is 238 g/mol. The van der Waals surface area contributed by atoms with Crippen molar-refractivity contribution in [1.82, 2.24) is 5.32 Å². The number of hydrogen-bond donors (Lipinski definition) is 2. The fourth-order valence-electron chi connectivity index (χ4n) is 4.13. The van der Waals surface area contributed by atoms with Crippen molar-refractivity contribution in [1.29, 1.82) is 0 Å². The number of carbonyl (C=O) groups is 1. The first kappa shape index (κ1) is 12.7. The van der Waals surface area contributed by atoms with Crippen molar-refractivity contribution in [3.05, 3.63) is 35.9 Å². The summed E-state index contributed by atoms with van der Waals surface area (Å²) in [4.78, 5) is 11.6. The monoisotopic (exact) mass is 259 g/mol. The maximum Gasteiger partial charge on any atom is 0.321 e. The van der Waals surface area contributed by atoms with Crippen LogP contribution < -0.4 is 5.32 Å². The third-order valence-electron chi connectivity index (χ3n) is 5.02. The molecule has 3 heteroatoms. The van der Waals surface area contributed by atoms with Crippen LogP contribution in [0, 0.1) is 11.3 Å². The van der Waals surface area contributed by atoms with E-state index in [4.69, 9.17) is 0 Å². The van der Waals surface area contributed by atoms with Crippen LogP contribution in [0.1, 0.15) is 31.2 Å². The van der Waals surface area contributed by atoms with Gasteiger partial charge in [-0.25, -0.2) is 0 Å².